The molecule has 1 heteroatoms. The molecule has 0 unspecified atom stereocenters. The topological polar surface area (TPSA) is 3.24 Å². The lowest BCUT2D eigenvalue weighted by molar-refractivity contribution is 0.981. The van der Waals surface area contributed by atoms with E-state index < -0.39 is 0 Å². The molecule has 0 amide bonds. The molecule has 0 saturated heterocycles. The van der Waals surface area contributed by atoms with Gasteiger partial charge in [0.1, 0.15) is 0 Å². The molecule has 0 atom stereocenters. The average Bonchev–Trinajstić information content (AvgIpc) is 2.46. The van der Waals surface area contributed by atoms with Crippen LogP contribution in [-0.2, 0) is 6.42 Å². The highest BCUT2D eigenvalue weighted by atomic mass is 15.1. The summed E-state index contributed by atoms with van der Waals surface area (Å²) in [7, 11) is 2.15. The van der Waals surface area contributed by atoms with E-state index in [0.717, 1.165) is 12.8 Å². The van der Waals surface area contributed by atoms with Gasteiger partial charge in [-0.1, -0.05) is 42.5 Å². The van der Waals surface area contributed by atoms with E-state index in [1.807, 2.05) is 0 Å². The molecule has 1 nitrogen and oxygen atoms in total. The Hall–Kier alpha value is -2.02. The molecule has 0 heterocycles. The van der Waals surface area contributed by atoms with Crippen LogP contribution < -0.4 is 4.90 Å². The number of aryl methyl sites for hydroxylation is 2. The second-order valence-electron chi connectivity index (χ2n) is 5.14. The van der Waals surface area contributed by atoms with Crippen molar-refractivity contribution in [3.63, 3.8) is 0 Å². The lowest BCUT2D eigenvalue weighted by atomic mass is 9.95. The highest BCUT2D eigenvalue weighted by Gasteiger charge is 2.13. The van der Waals surface area contributed by atoms with Crippen LogP contribution in [0.2, 0.25) is 0 Å². The van der Waals surface area contributed by atoms with Crippen molar-refractivity contribution in [2.24, 2.45) is 0 Å². The number of fused-ring (bicyclic) bond motifs is 1. The number of nitrogens with zero attached hydrogens (tertiary/aromatic N) is 1. The first kappa shape index (κ1) is 12.0. The predicted octanol–water partition coefficient (Wildman–Crippen LogP) is 4.72. The van der Waals surface area contributed by atoms with Crippen LogP contribution in [0.4, 0.5) is 11.4 Å². The maximum Gasteiger partial charge on any atom is 0.0484 e. The molecule has 0 aliphatic heterocycles. The van der Waals surface area contributed by atoms with E-state index in [4.69, 9.17) is 0 Å². The van der Waals surface area contributed by atoms with Crippen molar-refractivity contribution < 1.29 is 0 Å². The number of hydrogen-bond acceptors (Lipinski definition) is 1. The number of benzene rings is 2. The lowest BCUT2D eigenvalue weighted by Crippen LogP contribution is -2.13. The number of hydrogen-bond donors (Lipinski definition) is 0. The predicted molar refractivity (Wildman–Crippen MR) is 83.0 cm³/mol. The Morgan fingerprint density at radius 3 is 2.58 bits per heavy atom. The zero-order chi connectivity index (χ0) is 13.2. The third-order valence-electron chi connectivity index (χ3n) is 3.88. The first-order valence-corrected chi connectivity index (χ1v) is 6.85. The van der Waals surface area contributed by atoms with E-state index in [-0.39, 0.29) is 0 Å². The third-order valence-corrected chi connectivity index (χ3v) is 3.88. The minimum atomic E-state index is 1.15. The van der Waals surface area contributed by atoms with Gasteiger partial charge in [-0.15, -0.1) is 0 Å². The molecule has 3 rings (SSSR count). The van der Waals surface area contributed by atoms with Crippen LogP contribution in [0.25, 0.3) is 6.08 Å². The van der Waals surface area contributed by atoms with Gasteiger partial charge in [-0.3, -0.25) is 0 Å². The van der Waals surface area contributed by atoms with Gasteiger partial charge in [-0.05, 0) is 43.0 Å². The van der Waals surface area contributed by atoms with Gasteiger partial charge in [0.05, 0.1) is 0 Å². The standard InChI is InChI=1S/C18H19N/c1-14-8-3-6-12-17(14)19(2)18-13-7-10-15-9-4-5-11-16(15)18/h3,5-8,10-13H,4,9H2,1-2H3. The Morgan fingerprint density at radius 1 is 0.947 bits per heavy atom. The van der Waals surface area contributed by atoms with Gasteiger partial charge in [-0.25, -0.2) is 0 Å². The molecule has 1 aliphatic rings. The van der Waals surface area contributed by atoms with E-state index in [9.17, 15) is 0 Å². The summed E-state index contributed by atoms with van der Waals surface area (Å²) in [5.41, 5.74) is 6.71. The Balaban J connectivity index is 2.09. The highest BCUT2D eigenvalue weighted by molar-refractivity contribution is 5.77. The normalized spacial score (nSPS) is 13.2. The maximum absolute atomic E-state index is 2.30. The molecule has 0 spiro atoms. The summed E-state index contributed by atoms with van der Waals surface area (Å²) in [6.45, 7) is 2.16. The van der Waals surface area contributed by atoms with Crippen molar-refractivity contribution in [2.75, 3.05) is 11.9 Å². The minimum Gasteiger partial charge on any atom is -0.344 e. The maximum atomic E-state index is 2.30. The molecule has 0 fully saturated rings. The average molecular weight is 249 g/mol. The minimum absolute atomic E-state index is 1.15. The molecular formula is C18H19N. The fourth-order valence-corrected chi connectivity index (χ4v) is 2.81. The lowest BCUT2D eigenvalue weighted by Gasteiger charge is -2.25. The summed E-state index contributed by atoms with van der Waals surface area (Å²) in [5.74, 6) is 0. The van der Waals surface area contributed by atoms with Crippen LogP contribution in [0.3, 0.4) is 0 Å². The fourth-order valence-electron chi connectivity index (χ4n) is 2.81. The molecule has 19 heavy (non-hydrogen) atoms. The fraction of sp³-hybridized carbons (Fsp3) is 0.222. The van der Waals surface area contributed by atoms with Gasteiger partial charge in [-0.2, -0.15) is 0 Å². The summed E-state index contributed by atoms with van der Waals surface area (Å²) in [4.78, 5) is 2.30. The summed E-state index contributed by atoms with van der Waals surface area (Å²) < 4.78 is 0. The van der Waals surface area contributed by atoms with Crippen LogP contribution in [-0.4, -0.2) is 7.05 Å². The van der Waals surface area contributed by atoms with Crippen LogP contribution in [0, 0.1) is 6.92 Å². The van der Waals surface area contributed by atoms with E-state index in [1.165, 1.54) is 28.1 Å². The molecule has 0 N–H and O–H groups in total. The largest absolute Gasteiger partial charge is 0.344 e. The zero-order valence-electron chi connectivity index (χ0n) is 11.6. The number of allylic oxidation sites excluding steroid dienone is 1. The van der Waals surface area contributed by atoms with Crippen LogP contribution in [0.15, 0.2) is 48.5 Å². The second kappa shape index (κ2) is 4.93. The zero-order valence-corrected chi connectivity index (χ0v) is 11.6. The van der Waals surface area contributed by atoms with Crippen molar-refractivity contribution in [1.82, 2.24) is 0 Å². The molecule has 0 bridgehead atoms. The van der Waals surface area contributed by atoms with Crippen molar-refractivity contribution in [3.8, 4) is 0 Å². The Morgan fingerprint density at radius 2 is 1.74 bits per heavy atom. The van der Waals surface area contributed by atoms with E-state index in [1.54, 1.807) is 0 Å². The quantitative estimate of drug-likeness (QED) is 0.744. The number of rotatable bonds is 2. The summed E-state index contributed by atoms with van der Waals surface area (Å²) in [5, 5.41) is 0. The van der Waals surface area contributed by atoms with Crippen molar-refractivity contribution in [3.05, 3.63) is 65.2 Å². The Kier molecular flexibility index (Phi) is 3.12. The van der Waals surface area contributed by atoms with Crippen LogP contribution in [0.5, 0.6) is 0 Å². The van der Waals surface area contributed by atoms with Crippen LogP contribution in [0.1, 0.15) is 23.1 Å². The number of anilines is 2. The van der Waals surface area contributed by atoms with Gasteiger partial charge in [0, 0.05) is 24.0 Å². The summed E-state index contributed by atoms with van der Waals surface area (Å²) in [6.07, 6.45) is 6.85. The first-order valence-electron chi connectivity index (χ1n) is 6.85. The van der Waals surface area contributed by atoms with Crippen molar-refractivity contribution >= 4 is 17.5 Å². The smallest absolute Gasteiger partial charge is 0.0484 e. The summed E-state index contributed by atoms with van der Waals surface area (Å²) in [6, 6.07) is 15.2. The molecule has 96 valence electrons. The monoisotopic (exact) mass is 249 g/mol. The highest BCUT2D eigenvalue weighted by Crippen LogP contribution is 2.33. The van der Waals surface area contributed by atoms with Crippen molar-refractivity contribution in [2.45, 2.75) is 19.8 Å². The van der Waals surface area contributed by atoms with E-state index in [2.05, 4.69) is 73.5 Å². The Labute approximate surface area is 115 Å². The molecule has 2 aromatic rings. The van der Waals surface area contributed by atoms with Gasteiger partial charge in [0.2, 0.25) is 0 Å². The summed E-state index contributed by atoms with van der Waals surface area (Å²) >= 11 is 0. The molecule has 1 aliphatic carbocycles. The first-order chi connectivity index (χ1) is 9.27. The molecule has 2 aromatic carbocycles. The second-order valence-corrected chi connectivity index (χ2v) is 5.14. The van der Waals surface area contributed by atoms with Gasteiger partial charge in [0.15, 0.2) is 0 Å². The van der Waals surface area contributed by atoms with E-state index in [0.29, 0.717) is 0 Å². The molecule has 0 saturated carbocycles. The number of para-hydroxylation sites is 1. The molecule has 0 radical (unpaired) electrons. The SMILES string of the molecule is Cc1ccccc1N(C)c1cccc2c1C=CCC2. The van der Waals surface area contributed by atoms with Gasteiger partial charge in [0.25, 0.3) is 0 Å². The van der Waals surface area contributed by atoms with Gasteiger partial charge < -0.3 is 4.90 Å². The third kappa shape index (κ3) is 2.17. The van der Waals surface area contributed by atoms with Gasteiger partial charge >= 0.3 is 0 Å². The van der Waals surface area contributed by atoms with E-state index >= 15 is 0 Å². The Bertz CT molecular complexity index is 625. The van der Waals surface area contributed by atoms with Crippen LogP contribution >= 0.6 is 0 Å². The molecule has 0 aromatic heterocycles. The van der Waals surface area contributed by atoms with Crippen molar-refractivity contribution in [1.29, 1.82) is 0 Å². The molecular weight excluding hydrogens is 230 g/mol.